The first kappa shape index (κ1) is 15.4. The molecule has 23 heavy (non-hydrogen) atoms. The number of rotatable bonds is 5. The van der Waals surface area contributed by atoms with E-state index in [9.17, 15) is 9.59 Å². The maximum atomic E-state index is 12.1. The number of esters is 1. The van der Waals surface area contributed by atoms with Gasteiger partial charge >= 0.3 is 5.97 Å². The van der Waals surface area contributed by atoms with Crippen molar-refractivity contribution in [2.45, 2.75) is 19.4 Å². The minimum absolute atomic E-state index is 0.166. The summed E-state index contributed by atoms with van der Waals surface area (Å²) in [6.45, 7) is 1.71. The number of fused-ring (bicyclic) bond motifs is 1. The first-order valence-corrected chi connectivity index (χ1v) is 7.92. The molecule has 1 atom stereocenters. The summed E-state index contributed by atoms with van der Waals surface area (Å²) in [6.07, 6.45) is -0.716. The van der Waals surface area contributed by atoms with E-state index in [-0.39, 0.29) is 13.2 Å². The molecule has 0 saturated heterocycles. The Bertz CT molecular complexity index is 713. The van der Waals surface area contributed by atoms with Crippen molar-refractivity contribution < 1.29 is 23.8 Å². The molecule has 1 aliphatic heterocycles. The van der Waals surface area contributed by atoms with Gasteiger partial charge in [-0.1, -0.05) is 6.07 Å². The Labute approximate surface area is 137 Å². The molecule has 1 amide bonds. The van der Waals surface area contributed by atoms with Crippen LogP contribution in [-0.2, 0) is 20.7 Å². The molecule has 2 heterocycles. The van der Waals surface area contributed by atoms with Crippen LogP contribution in [0.25, 0.3) is 0 Å². The standard InChI is InChI=1S/C16H15NO5S/c1-10(22-15(18)8-12-3-2-6-23-12)16(19)17-11-4-5-13-14(7-11)21-9-20-13/h2-7,10H,8-9H2,1H3,(H,17,19)/t10-/m0/s1. The maximum Gasteiger partial charge on any atom is 0.311 e. The van der Waals surface area contributed by atoms with Gasteiger partial charge in [0.25, 0.3) is 5.91 Å². The summed E-state index contributed by atoms with van der Waals surface area (Å²) in [6, 6.07) is 8.80. The van der Waals surface area contributed by atoms with Crippen LogP contribution in [0.5, 0.6) is 11.5 Å². The van der Waals surface area contributed by atoms with Gasteiger partial charge in [-0.15, -0.1) is 11.3 Å². The lowest BCUT2D eigenvalue weighted by atomic mass is 10.2. The molecule has 0 radical (unpaired) electrons. The van der Waals surface area contributed by atoms with E-state index in [4.69, 9.17) is 14.2 Å². The molecule has 0 fully saturated rings. The predicted molar refractivity (Wildman–Crippen MR) is 84.8 cm³/mol. The van der Waals surface area contributed by atoms with E-state index >= 15 is 0 Å². The molecule has 120 valence electrons. The molecule has 0 aliphatic carbocycles. The molecule has 1 aromatic heterocycles. The van der Waals surface area contributed by atoms with Gasteiger partial charge in [0, 0.05) is 16.6 Å². The van der Waals surface area contributed by atoms with Crippen LogP contribution in [0.4, 0.5) is 5.69 Å². The Balaban J connectivity index is 1.54. The van der Waals surface area contributed by atoms with Crippen LogP contribution in [0.1, 0.15) is 11.8 Å². The van der Waals surface area contributed by atoms with Gasteiger partial charge in [0.2, 0.25) is 6.79 Å². The monoisotopic (exact) mass is 333 g/mol. The summed E-state index contributed by atoms with van der Waals surface area (Å²) in [5.74, 6) is 0.382. The van der Waals surface area contributed by atoms with Crippen molar-refractivity contribution in [1.29, 1.82) is 0 Å². The molecule has 3 rings (SSSR count). The van der Waals surface area contributed by atoms with Gasteiger partial charge in [-0.05, 0) is 30.5 Å². The second-order valence-corrected chi connectivity index (χ2v) is 5.98. The summed E-state index contributed by atoms with van der Waals surface area (Å²) in [7, 11) is 0. The molecular formula is C16H15NO5S. The quantitative estimate of drug-likeness (QED) is 0.851. The lowest BCUT2D eigenvalue weighted by Crippen LogP contribution is -2.30. The zero-order valence-electron chi connectivity index (χ0n) is 12.4. The molecule has 1 aromatic carbocycles. The summed E-state index contributed by atoms with van der Waals surface area (Å²) in [4.78, 5) is 24.8. The van der Waals surface area contributed by atoms with Gasteiger partial charge in [0.1, 0.15) is 0 Å². The molecule has 0 unspecified atom stereocenters. The number of anilines is 1. The second kappa shape index (κ2) is 6.70. The second-order valence-electron chi connectivity index (χ2n) is 4.95. The maximum absolute atomic E-state index is 12.1. The Morgan fingerprint density at radius 1 is 1.30 bits per heavy atom. The molecule has 6 nitrogen and oxygen atoms in total. The Morgan fingerprint density at radius 3 is 2.91 bits per heavy atom. The largest absolute Gasteiger partial charge is 0.454 e. The van der Waals surface area contributed by atoms with Gasteiger partial charge in [-0.2, -0.15) is 0 Å². The number of nitrogens with one attached hydrogen (secondary N) is 1. The Kier molecular flexibility index (Phi) is 4.47. The molecule has 1 N–H and O–H groups in total. The highest BCUT2D eigenvalue weighted by molar-refractivity contribution is 7.10. The first-order valence-electron chi connectivity index (χ1n) is 7.04. The average molecular weight is 333 g/mol. The van der Waals surface area contributed by atoms with Crippen molar-refractivity contribution in [3.05, 3.63) is 40.6 Å². The third-order valence-corrected chi connectivity index (χ3v) is 4.09. The lowest BCUT2D eigenvalue weighted by Gasteiger charge is -2.13. The smallest absolute Gasteiger partial charge is 0.311 e. The first-order chi connectivity index (χ1) is 11.1. The van der Waals surface area contributed by atoms with Crippen LogP contribution in [0.3, 0.4) is 0 Å². The fourth-order valence-corrected chi connectivity index (χ4v) is 2.76. The fraction of sp³-hybridized carbons (Fsp3) is 0.250. The third-order valence-electron chi connectivity index (χ3n) is 3.22. The summed E-state index contributed by atoms with van der Waals surface area (Å²) >= 11 is 1.47. The van der Waals surface area contributed by atoms with Crippen molar-refractivity contribution in [1.82, 2.24) is 0 Å². The minimum atomic E-state index is -0.882. The number of carbonyl (C=O) groups excluding carboxylic acids is 2. The number of hydrogen-bond acceptors (Lipinski definition) is 6. The number of hydrogen-bond donors (Lipinski definition) is 1. The van der Waals surface area contributed by atoms with E-state index in [0.29, 0.717) is 17.2 Å². The summed E-state index contributed by atoms with van der Waals surface area (Å²) < 4.78 is 15.6. The minimum Gasteiger partial charge on any atom is -0.454 e. The normalized spacial score (nSPS) is 13.4. The van der Waals surface area contributed by atoms with Crippen molar-refractivity contribution in [2.75, 3.05) is 12.1 Å². The van der Waals surface area contributed by atoms with Gasteiger partial charge in [-0.3, -0.25) is 9.59 Å². The van der Waals surface area contributed by atoms with Crippen molar-refractivity contribution >= 4 is 28.9 Å². The van der Waals surface area contributed by atoms with E-state index in [1.807, 2.05) is 17.5 Å². The topological polar surface area (TPSA) is 73.9 Å². The third kappa shape index (κ3) is 3.81. The summed E-state index contributed by atoms with van der Waals surface area (Å²) in [5.41, 5.74) is 0.556. The highest BCUT2D eigenvalue weighted by atomic mass is 32.1. The van der Waals surface area contributed by atoms with Gasteiger partial charge < -0.3 is 19.5 Å². The highest BCUT2D eigenvalue weighted by Crippen LogP contribution is 2.34. The van der Waals surface area contributed by atoms with E-state index in [0.717, 1.165) is 4.88 Å². The number of benzene rings is 1. The molecule has 7 heteroatoms. The molecule has 2 aromatic rings. The van der Waals surface area contributed by atoms with E-state index in [1.165, 1.54) is 18.3 Å². The number of ether oxygens (including phenoxy) is 3. The number of carbonyl (C=O) groups is 2. The zero-order chi connectivity index (χ0) is 16.2. The lowest BCUT2D eigenvalue weighted by molar-refractivity contribution is -0.152. The Morgan fingerprint density at radius 2 is 2.13 bits per heavy atom. The van der Waals surface area contributed by atoms with Gasteiger partial charge in [0.15, 0.2) is 17.6 Å². The highest BCUT2D eigenvalue weighted by Gasteiger charge is 2.20. The average Bonchev–Trinajstić information content (AvgIpc) is 3.17. The molecule has 0 saturated carbocycles. The van der Waals surface area contributed by atoms with E-state index in [2.05, 4.69) is 5.32 Å². The van der Waals surface area contributed by atoms with Crippen LogP contribution in [-0.4, -0.2) is 24.8 Å². The van der Waals surface area contributed by atoms with Crippen LogP contribution in [0.2, 0.25) is 0 Å². The fourth-order valence-electron chi connectivity index (χ4n) is 2.07. The van der Waals surface area contributed by atoms with Gasteiger partial charge in [0.05, 0.1) is 6.42 Å². The van der Waals surface area contributed by atoms with Crippen LogP contribution in [0.15, 0.2) is 35.7 Å². The van der Waals surface area contributed by atoms with Crippen molar-refractivity contribution in [3.8, 4) is 11.5 Å². The van der Waals surface area contributed by atoms with Gasteiger partial charge in [-0.25, -0.2) is 0 Å². The van der Waals surface area contributed by atoms with Crippen LogP contribution in [0, 0.1) is 0 Å². The molecular weight excluding hydrogens is 318 g/mol. The van der Waals surface area contributed by atoms with E-state index in [1.54, 1.807) is 18.2 Å². The molecule has 0 spiro atoms. The SMILES string of the molecule is C[C@H](OC(=O)Cc1cccs1)C(=O)Nc1ccc2c(c1)OCO2. The van der Waals surface area contributed by atoms with Crippen molar-refractivity contribution in [3.63, 3.8) is 0 Å². The van der Waals surface area contributed by atoms with Crippen LogP contribution < -0.4 is 14.8 Å². The Hall–Kier alpha value is -2.54. The molecule has 1 aliphatic rings. The number of amides is 1. The predicted octanol–water partition coefficient (Wildman–Crippen LogP) is 2.59. The number of thiophene rings is 1. The van der Waals surface area contributed by atoms with Crippen molar-refractivity contribution in [2.24, 2.45) is 0 Å². The zero-order valence-corrected chi connectivity index (χ0v) is 13.2. The molecule has 0 bridgehead atoms. The van der Waals surface area contributed by atoms with Crippen LogP contribution >= 0.6 is 11.3 Å². The summed E-state index contributed by atoms with van der Waals surface area (Å²) in [5, 5.41) is 4.57. The van der Waals surface area contributed by atoms with E-state index < -0.39 is 18.0 Å².